The van der Waals surface area contributed by atoms with Crippen LogP contribution < -0.4 is 20.3 Å². The fraction of sp³-hybridized carbons (Fsp3) is 0.227. The molecule has 2 amide bonds. The van der Waals surface area contributed by atoms with Crippen LogP contribution in [0.4, 0.5) is 5.69 Å². The second-order valence-corrected chi connectivity index (χ2v) is 7.40. The maximum absolute atomic E-state index is 12.4. The Bertz CT molecular complexity index is 1230. The van der Waals surface area contributed by atoms with E-state index in [0.717, 1.165) is 5.56 Å². The highest BCUT2D eigenvalue weighted by molar-refractivity contribution is 5.99. The van der Waals surface area contributed by atoms with E-state index >= 15 is 0 Å². The average Bonchev–Trinajstić information content (AvgIpc) is 3.10. The van der Waals surface area contributed by atoms with Crippen molar-refractivity contribution in [2.75, 3.05) is 13.2 Å². The van der Waals surface area contributed by atoms with E-state index in [1.54, 1.807) is 61.0 Å². The lowest BCUT2D eigenvalue weighted by molar-refractivity contribution is -0.386. The summed E-state index contributed by atoms with van der Waals surface area (Å²) in [5, 5.41) is 15.4. The van der Waals surface area contributed by atoms with Crippen LogP contribution in [0.5, 0.6) is 11.5 Å². The highest BCUT2D eigenvalue weighted by Crippen LogP contribution is 2.30. The van der Waals surface area contributed by atoms with Gasteiger partial charge in [0.15, 0.2) is 11.5 Å². The van der Waals surface area contributed by atoms with Gasteiger partial charge in [0.1, 0.15) is 24.6 Å². The molecule has 2 N–H and O–H groups in total. The Balaban J connectivity index is 1.36. The summed E-state index contributed by atoms with van der Waals surface area (Å²) in [5.74, 6) is 0.0537. The zero-order chi connectivity index (χ0) is 23.5. The number of benzene rings is 2. The molecule has 11 heteroatoms. The number of fused-ring (bicyclic) bond motifs is 1. The largest absolute Gasteiger partial charge is 0.486 e. The molecule has 0 radical (unpaired) electrons. The predicted octanol–water partition coefficient (Wildman–Crippen LogP) is 2.30. The molecule has 0 fully saturated rings. The van der Waals surface area contributed by atoms with Gasteiger partial charge in [-0.15, -0.1) is 0 Å². The maximum Gasteiger partial charge on any atom is 0.312 e. The Morgan fingerprint density at radius 3 is 2.24 bits per heavy atom. The Kier molecular flexibility index (Phi) is 5.94. The Hall–Kier alpha value is -4.41. The van der Waals surface area contributed by atoms with Gasteiger partial charge in [0, 0.05) is 11.1 Å². The van der Waals surface area contributed by atoms with Gasteiger partial charge in [0.05, 0.1) is 11.5 Å². The van der Waals surface area contributed by atoms with Crippen LogP contribution in [-0.2, 0) is 6.54 Å². The van der Waals surface area contributed by atoms with Gasteiger partial charge >= 0.3 is 5.69 Å². The first kappa shape index (κ1) is 21.8. The number of hydrazine groups is 1. The van der Waals surface area contributed by atoms with Crippen molar-refractivity contribution in [1.29, 1.82) is 0 Å². The fourth-order valence-corrected chi connectivity index (χ4v) is 3.48. The van der Waals surface area contributed by atoms with Crippen LogP contribution in [0.3, 0.4) is 0 Å². The first-order valence-electron chi connectivity index (χ1n) is 10.1. The topological polar surface area (TPSA) is 138 Å². The molecule has 0 saturated heterocycles. The molecule has 4 rings (SSSR count). The molecular formula is C22H21N5O6. The molecule has 170 valence electrons. The van der Waals surface area contributed by atoms with Crippen molar-refractivity contribution < 1.29 is 24.0 Å². The summed E-state index contributed by atoms with van der Waals surface area (Å²) in [5.41, 5.74) is 7.02. The van der Waals surface area contributed by atoms with Gasteiger partial charge in [0.25, 0.3) is 11.8 Å². The SMILES string of the molecule is Cc1nn(Cc2ccc(C(=O)NNC(=O)c3ccc4c(c3)OCCO4)cc2)c(C)c1[N+](=O)[O-]. The van der Waals surface area contributed by atoms with Crippen LogP contribution >= 0.6 is 0 Å². The molecule has 11 nitrogen and oxygen atoms in total. The minimum atomic E-state index is -0.497. The first-order valence-corrected chi connectivity index (χ1v) is 10.1. The Labute approximate surface area is 188 Å². The fourth-order valence-electron chi connectivity index (χ4n) is 3.48. The summed E-state index contributed by atoms with van der Waals surface area (Å²) in [6.07, 6.45) is 0. The lowest BCUT2D eigenvalue weighted by Gasteiger charge is -2.18. The second kappa shape index (κ2) is 8.99. The van der Waals surface area contributed by atoms with Crippen LogP contribution in [0.2, 0.25) is 0 Å². The minimum absolute atomic E-state index is 0.000227. The van der Waals surface area contributed by atoms with Crippen molar-refractivity contribution in [3.8, 4) is 11.5 Å². The molecule has 2 aromatic carbocycles. The average molecular weight is 451 g/mol. The van der Waals surface area contributed by atoms with E-state index in [9.17, 15) is 19.7 Å². The summed E-state index contributed by atoms with van der Waals surface area (Å²) < 4.78 is 12.4. The summed E-state index contributed by atoms with van der Waals surface area (Å²) in [4.78, 5) is 35.5. The van der Waals surface area contributed by atoms with E-state index in [1.165, 1.54) is 0 Å². The molecule has 0 aliphatic carbocycles. The number of amides is 2. The van der Waals surface area contributed by atoms with Gasteiger partial charge in [-0.2, -0.15) is 5.10 Å². The number of carbonyl (C=O) groups is 2. The van der Waals surface area contributed by atoms with Crippen LogP contribution in [0.25, 0.3) is 0 Å². The number of nitrogens with one attached hydrogen (secondary N) is 2. The summed E-state index contributed by atoms with van der Waals surface area (Å²) >= 11 is 0. The molecule has 0 atom stereocenters. The number of hydrogen-bond donors (Lipinski definition) is 2. The second-order valence-electron chi connectivity index (χ2n) is 7.40. The van der Waals surface area contributed by atoms with E-state index in [4.69, 9.17) is 9.47 Å². The standard InChI is InChI=1S/C22H21N5O6/c1-13-20(27(30)31)14(2)26(25-13)12-15-3-5-16(6-4-15)21(28)23-24-22(29)17-7-8-18-19(11-17)33-10-9-32-18/h3-8,11H,9-10,12H2,1-2H3,(H,23,28)(H,24,29). The highest BCUT2D eigenvalue weighted by Gasteiger charge is 2.22. The van der Waals surface area contributed by atoms with Crippen LogP contribution in [0.15, 0.2) is 42.5 Å². The monoisotopic (exact) mass is 451 g/mol. The molecule has 2 heterocycles. The van der Waals surface area contributed by atoms with Crippen molar-refractivity contribution in [3.63, 3.8) is 0 Å². The molecule has 1 aromatic heterocycles. The molecule has 0 unspecified atom stereocenters. The first-order chi connectivity index (χ1) is 15.8. The molecule has 0 spiro atoms. The van der Waals surface area contributed by atoms with Gasteiger partial charge in [-0.1, -0.05) is 12.1 Å². The highest BCUT2D eigenvalue weighted by atomic mass is 16.6. The zero-order valence-electron chi connectivity index (χ0n) is 18.0. The lowest BCUT2D eigenvalue weighted by Crippen LogP contribution is -2.41. The third-order valence-corrected chi connectivity index (χ3v) is 5.17. The van der Waals surface area contributed by atoms with Crippen LogP contribution in [0, 0.1) is 24.0 Å². The number of carbonyl (C=O) groups excluding carboxylic acids is 2. The van der Waals surface area contributed by atoms with Gasteiger partial charge in [-0.25, -0.2) is 0 Å². The zero-order valence-corrected chi connectivity index (χ0v) is 18.0. The lowest BCUT2D eigenvalue weighted by atomic mass is 10.1. The molecule has 1 aliphatic rings. The normalized spacial score (nSPS) is 12.2. The van der Waals surface area contributed by atoms with Gasteiger partial charge < -0.3 is 9.47 Å². The molecule has 1 aliphatic heterocycles. The quantitative estimate of drug-likeness (QED) is 0.448. The third-order valence-electron chi connectivity index (χ3n) is 5.17. The van der Waals surface area contributed by atoms with Crippen molar-refractivity contribution >= 4 is 17.5 Å². The number of nitrogens with zero attached hydrogens (tertiary/aromatic N) is 3. The number of rotatable bonds is 5. The third kappa shape index (κ3) is 4.61. The van der Waals surface area contributed by atoms with E-state index < -0.39 is 16.7 Å². The molecule has 33 heavy (non-hydrogen) atoms. The number of aromatic nitrogens is 2. The van der Waals surface area contributed by atoms with Gasteiger partial charge in [-0.3, -0.25) is 35.2 Å². The van der Waals surface area contributed by atoms with E-state index in [1.807, 2.05) is 0 Å². The van der Waals surface area contributed by atoms with Crippen molar-refractivity contribution in [1.82, 2.24) is 20.6 Å². The Morgan fingerprint density at radius 1 is 1.00 bits per heavy atom. The molecule has 0 bridgehead atoms. The number of hydrogen-bond acceptors (Lipinski definition) is 7. The van der Waals surface area contributed by atoms with Crippen molar-refractivity contribution in [2.24, 2.45) is 0 Å². The van der Waals surface area contributed by atoms with Gasteiger partial charge in [-0.05, 0) is 49.7 Å². The van der Waals surface area contributed by atoms with Gasteiger partial charge in [0.2, 0.25) is 0 Å². The number of nitro groups is 1. The molecular weight excluding hydrogens is 430 g/mol. The van der Waals surface area contributed by atoms with E-state index in [0.29, 0.717) is 53.8 Å². The summed E-state index contributed by atoms with van der Waals surface area (Å²) in [7, 11) is 0. The number of ether oxygens (including phenoxy) is 2. The van der Waals surface area contributed by atoms with Crippen molar-refractivity contribution in [3.05, 3.63) is 80.7 Å². The smallest absolute Gasteiger partial charge is 0.312 e. The minimum Gasteiger partial charge on any atom is -0.486 e. The van der Waals surface area contributed by atoms with Crippen LogP contribution in [0.1, 0.15) is 37.7 Å². The molecule has 0 saturated carbocycles. The van der Waals surface area contributed by atoms with Crippen LogP contribution in [-0.4, -0.2) is 39.7 Å². The predicted molar refractivity (Wildman–Crippen MR) is 116 cm³/mol. The Morgan fingerprint density at radius 2 is 1.61 bits per heavy atom. The summed E-state index contributed by atoms with van der Waals surface area (Å²) in [6, 6.07) is 11.4. The summed E-state index contributed by atoms with van der Waals surface area (Å²) in [6.45, 7) is 4.41. The molecule has 3 aromatic rings. The van der Waals surface area contributed by atoms with E-state index in [2.05, 4.69) is 16.0 Å². The van der Waals surface area contributed by atoms with Crippen molar-refractivity contribution in [2.45, 2.75) is 20.4 Å². The number of aryl methyl sites for hydroxylation is 1. The maximum atomic E-state index is 12.4. The van der Waals surface area contributed by atoms with E-state index in [-0.39, 0.29) is 5.69 Å².